The zero-order chi connectivity index (χ0) is 21.5. The van der Waals surface area contributed by atoms with E-state index in [1.807, 2.05) is 89.5 Å². The lowest BCUT2D eigenvalue weighted by Gasteiger charge is -2.10. The quantitative estimate of drug-likeness (QED) is 0.250. The molecule has 3 aromatic carbocycles. The molecule has 31 heavy (non-hydrogen) atoms. The number of carbonyl (C=O) groups excluding carboxylic acids is 1. The molecular formula is C23H18ClN5OS. The van der Waals surface area contributed by atoms with Gasteiger partial charge in [0.2, 0.25) is 0 Å². The first-order chi connectivity index (χ1) is 15.2. The van der Waals surface area contributed by atoms with Crippen molar-refractivity contribution in [1.29, 1.82) is 0 Å². The van der Waals surface area contributed by atoms with Crippen LogP contribution in [0.2, 0.25) is 5.02 Å². The Balaban J connectivity index is 1.51. The number of para-hydroxylation sites is 1. The number of amides is 1. The molecule has 6 nitrogen and oxygen atoms in total. The van der Waals surface area contributed by atoms with Crippen molar-refractivity contribution in [3.63, 3.8) is 0 Å². The highest BCUT2D eigenvalue weighted by molar-refractivity contribution is 7.99. The second kappa shape index (κ2) is 10.1. The normalized spacial score (nSPS) is 11.0. The third-order valence-electron chi connectivity index (χ3n) is 4.28. The van der Waals surface area contributed by atoms with Gasteiger partial charge < -0.3 is 0 Å². The number of aromatic nitrogens is 3. The zero-order valence-electron chi connectivity index (χ0n) is 16.4. The van der Waals surface area contributed by atoms with Crippen LogP contribution >= 0.6 is 23.4 Å². The molecule has 0 saturated carbocycles. The van der Waals surface area contributed by atoms with E-state index in [9.17, 15) is 4.79 Å². The van der Waals surface area contributed by atoms with Gasteiger partial charge in [-0.1, -0.05) is 71.9 Å². The first-order valence-electron chi connectivity index (χ1n) is 9.47. The number of hydrogen-bond donors (Lipinski definition) is 1. The van der Waals surface area contributed by atoms with E-state index in [2.05, 4.69) is 20.7 Å². The Hall–Kier alpha value is -3.42. The van der Waals surface area contributed by atoms with Crippen molar-refractivity contribution in [3.05, 3.63) is 95.5 Å². The summed E-state index contributed by atoms with van der Waals surface area (Å²) in [5, 5.41) is 13.9. The standard InChI is InChI=1S/C23H18ClN5OS/c24-19-13-11-18(12-14-19)22-27-28-23(29(22)20-9-5-2-6-10-20)31-16-21(30)26-25-15-17-7-3-1-4-8-17/h1-15H,16H2,(H,26,30)/b25-15-. The van der Waals surface area contributed by atoms with E-state index < -0.39 is 0 Å². The van der Waals surface area contributed by atoms with E-state index in [0.29, 0.717) is 16.0 Å². The Kier molecular flexibility index (Phi) is 6.76. The molecule has 0 aliphatic heterocycles. The first kappa shape index (κ1) is 20.8. The zero-order valence-corrected chi connectivity index (χ0v) is 17.9. The summed E-state index contributed by atoms with van der Waals surface area (Å²) in [5.41, 5.74) is 5.24. The van der Waals surface area contributed by atoms with Gasteiger partial charge in [-0.05, 0) is 42.0 Å². The Morgan fingerprint density at radius 2 is 1.65 bits per heavy atom. The fraction of sp³-hybridized carbons (Fsp3) is 0.0435. The molecule has 0 fully saturated rings. The van der Waals surface area contributed by atoms with E-state index in [0.717, 1.165) is 16.8 Å². The van der Waals surface area contributed by atoms with Gasteiger partial charge in [0.25, 0.3) is 5.91 Å². The summed E-state index contributed by atoms with van der Waals surface area (Å²) in [6.45, 7) is 0. The Bertz CT molecular complexity index is 1180. The van der Waals surface area contributed by atoms with E-state index in [1.165, 1.54) is 11.8 Å². The van der Waals surface area contributed by atoms with Crippen LogP contribution in [0.3, 0.4) is 0 Å². The Morgan fingerprint density at radius 1 is 0.968 bits per heavy atom. The number of nitrogens with one attached hydrogen (secondary N) is 1. The number of halogens is 1. The van der Waals surface area contributed by atoms with Crippen molar-refractivity contribution in [2.24, 2.45) is 5.10 Å². The third kappa shape index (κ3) is 5.39. The van der Waals surface area contributed by atoms with Crippen molar-refractivity contribution in [1.82, 2.24) is 20.2 Å². The van der Waals surface area contributed by atoms with Crippen LogP contribution in [0.4, 0.5) is 0 Å². The molecule has 0 unspecified atom stereocenters. The lowest BCUT2D eigenvalue weighted by molar-refractivity contribution is -0.118. The predicted molar refractivity (Wildman–Crippen MR) is 125 cm³/mol. The number of hydrogen-bond acceptors (Lipinski definition) is 5. The minimum Gasteiger partial charge on any atom is -0.272 e. The van der Waals surface area contributed by atoms with Gasteiger partial charge in [0.1, 0.15) is 0 Å². The highest BCUT2D eigenvalue weighted by Crippen LogP contribution is 2.28. The van der Waals surface area contributed by atoms with Gasteiger partial charge in [-0.3, -0.25) is 9.36 Å². The summed E-state index contributed by atoms with van der Waals surface area (Å²) in [4.78, 5) is 12.3. The molecule has 1 amide bonds. The SMILES string of the molecule is O=C(CSc1nnc(-c2ccc(Cl)cc2)n1-c1ccccc1)N/N=C\c1ccccc1. The average molecular weight is 448 g/mol. The summed E-state index contributed by atoms with van der Waals surface area (Å²) in [7, 11) is 0. The molecule has 0 aliphatic carbocycles. The molecule has 8 heteroatoms. The van der Waals surface area contributed by atoms with Crippen LogP contribution in [0.25, 0.3) is 17.1 Å². The molecule has 0 saturated heterocycles. The smallest absolute Gasteiger partial charge is 0.250 e. The molecule has 1 N–H and O–H groups in total. The highest BCUT2D eigenvalue weighted by atomic mass is 35.5. The number of rotatable bonds is 7. The maximum atomic E-state index is 12.3. The maximum absolute atomic E-state index is 12.3. The number of benzene rings is 3. The molecular weight excluding hydrogens is 430 g/mol. The number of hydrazone groups is 1. The molecule has 1 heterocycles. The highest BCUT2D eigenvalue weighted by Gasteiger charge is 2.17. The van der Waals surface area contributed by atoms with Gasteiger partial charge >= 0.3 is 0 Å². The fourth-order valence-corrected chi connectivity index (χ4v) is 3.71. The summed E-state index contributed by atoms with van der Waals surface area (Å²) in [6, 6.07) is 26.7. The van der Waals surface area contributed by atoms with Crippen LogP contribution in [-0.4, -0.2) is 32.6 Å². The van der Waals surface area contributed by atoms with Gasteiger partial charge in [0.15, 0.2) is 11.0 Å². The number of nitrogens with zero attached hydrogens (tertiary/aromatic N) is 4. The van der Waals surface area contributed by atoms with Crippen molar-refractivity contribution < 1.29 is 4.79 Å². The summed E-state index contributed by atoms with van der Waals surface area (Å²) < 4.78 is 1.93. The molecule has 4 aromatic rings. The van der Waals surface area contributed by atoms with Gasteiger partial charge in [0.05, 0.1) is 12.0 Å². The van der Waals surface area contributed by atoms with E-state index in [4.69, 9.17) is 11.6 Å². The fourth-order valence-electron chi connectivity index (χ4n) is 2.84. The van der Waals surface area contributed by atoms with Gasteiger partial charge in [-0.25, -0.2) is 5.43 Å². The molecule has 0 radical (unpaired) electrons. The minimum absolute atomic E-state index is 0.151. The second-order valence-corrected chi connectivity index (χ2v) is 7.86. The van der Waals surface area contributed by atoms with Crippen LogP contribution in [-0.2, 0) is 4.79 Å². The maximum Gasteiger partial charge on any atom is 0.250 e. The largest absolute Gasteiger partial charge is 0.272 e. The van der Waals surface area contributed by atoms with Crippen molar-refractivity contribution in [3.8, 4) is 17.1 Å². The number of thioether (sulfide) groups is 1. The monoisotopic (exact) mass is 447 g/mol. The topological polar surface area (TPSA) is 72.2 Å². The third-order valence-corrected chi connectivity index (χ3v) is 5.47. The molecule has 0 aliphatic rings. The van der Waals surface area contributed by atoms with E-state index in [1.54, 1.807) is 6.21 Å². The van der Waals surface area contributed by atoms with Crippen LogP contribution < -0.4 is 5.43 Å². The van der Waals surface area contributed by atoms with Gasteiger partial charge in [-0.15, -0.1) is 10.2 Å². The van der Waals surface area contributed by atoms with Gasteiger partial charge in [-0.2, -0.15) is 5.10 Å². The molecule has 0 bridgehead atoms. The first-order valence-corrected chi connectivity index (χ1v) is 10.8. The molecule has 0 atom stereocenters. The van der Waals surface area contributed by atoms with Crippen LogP contribution in [0.15, 0.2) is 95.2 Å². The molecule has 154 valence electrons. The summed E-state index contributed by atoms with van der Waals surface area (Å²) >= 11 is 7.32. The minimum atomic E-state index is -0.229. The van der Waals surface area contributed by atoms with Crippen LogP contribution in [0.1, 0.15) is 5.56 Å². The lowest BCUT2D eigenvalue weighted by Crippen LogP contribution is -2.20. The lowest BCUT2D eigenvalue weighted by atomic mass is 10.2. The molecule has 0 spiro atoms. The summed E-state index contributed by atoms with van der Waals surface area (Å²) in [5.74, 6) is 0.596. The van der Waals surface area contributed by atoms with E-state index in [-0.39, 0.29) is 11.7 Å². The molecule has 4 rings (SSSR count). The second-order valence-electron chi connectivity index (χ2n) is 6.48. The van der Waals surface area contributed by atoms with Crippen molar-refractivity contribution >= 4 is 35.5 Å². The van der Waals surface area contributed by atoms with Crippen LogP contribution in [0.5, 0.6) is 0 Å². The Morgan fingerprint density at radius 3 is 2.35 bits per heavy atom. The molecule has 1 aromatic heterocycles. The van der Waals surface area contributed by atoms with Crippen LogP contribution in [0, 0.1) is 0 Å². The van der Waals surface area contributed by atoms with Crippen molar-refractivity contribution in [2.45, 2.75) is 5.16 Å². The number of carbonyl (C=O) groups is 1. The summed E-state index contributed by atoms with van der Waals surface area (Å²) in [6.07, 6.45) is 1.60. The predicted octanol–water partition coefficient (Wildman–Crippen LogP) is 4.83. The van der Waals surface area contributed by atoms with Gasteiger partial charge in [0, 0.05) is 16.3 Å². The van der Waals surface area contributed by atoms with E-state index >= 15 is 0 Å². The van der Waals surface area contributed by atoms with Crippen molar-refractivity contribution in [2.75, 3.05) is 5.75 Å². The Labute approximate surface area is 189 Å². The average Bonchev–Trinajstić information content (AvgIpc) is 3.23.